The van der Waals surface area contributed by atoms with E-state index in [0.29, 0.717) is 60.5 Å². The number of benzene rings is 1. The van der Waals surface area contributed by atoms with E-state index in [0.717, 1.165) is 6.04 Å². The molecule has 0 radical (unpaired) electrons. The number of aldehydes is 1. The van der Waals surface area contributed by atoms with E-state index in [2.05, 4.69) is 34.9 Å². The van der Waals surface area contributed by atoms with Crippen molar-refractivity contribution in [2.45, 2.75) is 45.3 Å². The Bertz CT molecular complexity index is 1250. The zero-order valence-electron chi connectivity index (χ0n) is 20.6. The predicted molar refractivity (Wildman–Crippen MR) is 138 cm³/mol. The van der Waals surface area contributed by atoms with E-state index >= 15 is 0 Å². The molecule has 11 heteroatoms. The number of nitrogens with zero attached hydrogens (tertiary/aromatic N) is 5. The molecule has 0 saturated carbocycles. The second-order valence-electron chi connectivity index (χ2n) is 10.1. The lowest BCUT2D eigenvalue weighted by Gasteiger charge is -2.16. The number of amides is 1. The quantitative estimate of drug-likeness (QED) is 0.212. The summed E-state index contributed by atoms with van der Waals surface area (Å²) in [5, 5.41) is 12.4. The summed E-state index contributed by atoms with van der Waals surface area (Å²) >= 11 is 5.79. The highest BCUT2D eigenvalue weighted by atomic mass is 35.5. The van der Waals surface area contributed by atoms with E-state index in [-0.39, 0.29) is 23.6 Å². The number of hydrogen-bond acceptors (Lipinski definition) is 6. The van der Waals surface area contributed by atoms with Gasteiger partial charge in [0.15, 0.2) is 12.1 Å². The molecule has 1 amide bonds. The van der Waals surface area contributed by atoms with Crippen LogP contribution in [0.1, 0.15) is 22.3 Å². The summed E-state index contributed by atoms with van der Waals surface area (Å²) in [6.07, 6.45) is 4.74. The van der Waals surface area contributed by atoms with Gasteiger partial charge in [-0.1, -0.05) is 37.3 Å². The molecule has 0 bridgehead atoms. The third-order valence-electron chi connectivity index (χ3n) is 6.19. The maximum absolute atomic E-state index is 13.9. The summed E-state index contributed by atoms with van der Waals surface area (Å²) in [4.78, 5) is 27.2. The van der Waals surface area contributed by atoms with Gasteiger partial charge in [-0.2, -0.15) is 15.3 Å². The number of hydrogen-bond donors (Lipinski definition) is 0. The van der Waals surface area contributed by atoms with Crippen LogP contribution in [0.3, 0.4) is 0 Å². The Morgan fingerprint density at radius 2 is 2.06 bits per heavy atom. The molecule has 3 aromatic rings. The summed E-state index contributed by atoms with van der Waals surface area (Å²) in [5.41, 5.74) is 2.17. The van der Waals surface area contributed by atoms with Gasteiger partial charge in [-0.25, -0.2) is 9.07 Å². The van der Waals surface area contributed by atoms with Crippen molar-refractivity contribution in [3.05, 3.63) is 58.6 Å². The van der Waals surface area contributed by atoms with Gasteiger partial charge < -0.3 is 4.74 Å². The molecule has 1 fully saturated rings. The Morgan fingerprint density at radius 3 is 2.72 bits per heavy atom. The minimum Gasteiger partial charge on any atom is -0.360 e. The highest BCUT2D eigenvalue weighted by Crippen LogP contribution is 2.34. The Labute approximate surface area is 215 Å². The SMILES string of the molecule is C[Si](C)(C)CCOCn1nc(N2CCC(Cc3ccc(Cl)c(F)c3)C2=O)c(C=O)c1-c1ccnnc1. The number of halogens is 2. The van der Waals surface area contributed by atoms with Crippen LogP contribution in [0.4, 0.5) is 10.2 Å². The highest BCUT2D eigenvalue weighted by Gasteiger charge is 2.36. The van der Waals surface area contributed by atoms with Crippen molar-refractivity contribution >= 4 is 37.7 Å². The van der Waals surface area contributed by atoms with Crippen LogP contribution in [0.2, 0.25) is 30.7 Å². The van der Waals surface area contributed by atoms with Crippen molar-refractivity contribution in [3.63, 3.8) is 0 Å². The zero-order chi connectivity index (χ0) is 25.9. The van der Waals surface area contributed by atoms with Crippen LogP contribution in [0, 0.1) is 11.7 Å². The summed E-state index contributed by atoms with van der Waals surface area (Å²) in [6, 6.07) is 7.30. The van der Waals surface area contributed by atoms with Crippen LogP contribution in [-0.2, 0) is 22.7 Å². The average Bonchev–Trinajstić information content (AvgIpc) is 3.38. The lowest BCUT2D eigenvalue weighted by Crippen LogP contribution is -2.29. The number of anilines is 1. The van der Waals surface area contributed by atoms with Gasteiger partial charge in [0.25, 0.3) is 0 Å². The topological polar surface area (TPSA) is 90.2 Å². The molecule has 0 spiro atoms. The molecular weight excluding hydrogens is 501 g/mol. The largest absolute Gasteiger partial charge is 0.360 e. The van der Waals surface area contributed by atoms with E-state index in [9.17, 15) is 14.0 Å². The lowest BCUT2D eigenvalue weighted by atomic mass is 9.98. The van der Waals surface area contributed by atoms with Crippen molar-refractivity contribution in [2.75, 3.05) is 18.1 Å². The zero-order valence-corrected chi connectivity index (χ0v) is 22.3. The van der Waals surface area contributed by atoms with Crippen molar-refractivity contribution in [1.29, 1.82) is 0 Å². The molecule has 190 valence electrons. The van der Waals surface area contributed by atoms with E-state index in [4.69, 9.17) is 16.3 Å². The van der Waals surface area contributed by atoms with Gasteiger partial charge in [-0.15, -0.1) is 0 Å². The molecule has 1 saturated heterocycles. The molecule has 2 aromatic heterocycles. The maximum Gasteiger partial charge on any atom is 0.231 e. The highest BCUT2D eigenvalue weighted by molar-refractivity contribution is 6.76. The first-order valence-electron chi connectivity index (χ1n) is 11.8. The molecule has 1 aliphatic rings. The van der Waals surface area contributed by atoms with Gasteiger partial charge in [0, 0.05) is 32.7 Å². The van der Waals surface area contributed by atoms with Crippen LogP contribution >= 0.6 is 11.6 Å². The average molecular weight is 530 g/mol. The summed E-state index contributed by atoms with van der Waals surface area (Å²) in [7, 11) is -1.28. The van der Waals surface area contributed by atoms with Gasteiger partial charge in [0.05, 0.1) is 28.7 Å². The van der Waals surface area contributed by atoms with Gasteiger partial charge in [-0.05, 0) is 42.6 Å². The van der Waals surface area contributed by atoms with E-state index in [1.54, 1.807) is 23.0 Å². The number of carbonyl (C=O) groups excluding carboxylic acids is 2. The van der Waals surface area contributed by atoms with Gasteiger partial charge in [0.1, 0.15) is 12.5 Å². The first-order chi connectivity index (χ1) is 17.2. The summed E-state index contributed by atoms with van der Waals surface area (Å²) in [6.45, 7) is 7.94. The summed E-state index contributed by atoms with van der Waals surface area (Å²) in [5.74, 6) is -0.727. The second kappa shape index (κ2) is 11.0. The Balaban J connectivity index is 1.60. The fourth-order valence-corrected chi connectivity index (χ4v) is 5.09. The first-order valence-corrected chi connectivity index (χ1v) is 15.9. The fraction of sp³-hybridized carbons (Fsp3) is 0.400. The number of rotatable bonds is 10. The smallest absolute Gasteiger partial charge is 0.231 e. The van der Waals surface area contributed by atoms with Crippen LogP contribution < -0.4 is 4.90 Å². The minimum atomic E-state index is -1.28. The Hall–Kier alpha value is -2.95. The molecule has 3 heterocycles. The Morgan fingerprint density at radius 1 is 1.25 bits per heavy atom. The third kappa shape index (κ3) is 5.88. The number of ether oxygens (including phenoxy) is 1. The third-order valence-corrected chi connectivity index (χ3v) is 8.20. The molecular formula is C25H29ClFN5O3Si. The van der Waals surface area contributed by atoms with Crippen molar-refractivity contribution in [2.24, 2.45) is 5.92 Å². The summed E-state index contributed by atoms with van der Waals surface area (Å²) < 4.78 is 21.4. The molecule has 0 N–H and O–H groups in total. The Kier molecular flexibility index (Phi) is 7.96. The fourth-order valence-electron chi connectivity index (χ4n) is 4.22. The molecule has 36 heavy (non-hydrogen) atoms. The van der Waals surface area contributed by atoms with Crippen LogP contribution in [-0.4, -0.2) is 53.4 Å². The van der Waals surface area contributed by atoms with Crippen LogP contribution in [0.25, 0.3) is 11.3 Å². The van der Waals surface area contributed by atoms with Gasteiger partial charge in [0.2, 0.25) is 5.91 Å². The maximum atomic E-state index is 13.9. The van der Waals surface area contributed by atoms with E-state index in [1.165, 1.54) is 23.2 Å². The predicted octanol–water partition coefficient (Wildman–Crippen LogP) is 4.85. The minimum absolute atomic E-state index is 0.0458. The van der Waals surface area contributed by atoms with Crippen molar-refractivity contribution in [3.8, 4) is 11.3 Å². The standard InChI is InChI=1S/C25H29ClFN5O3Si/c1-36(2,3)11-10-35-16-32-23(19-6-8-28-29-14-19)20(15-33)24(30-32)31-9-7-18(25(31)34)12-17-4-5-21(26)22(27)13-17/h4-6,8,13-15,18H,7,9-12,16H2,1-3H3. The lowest BCUT2D eigenvalue weighted by molar-refractivity contribution is -0.120. The normalized spacial score (nSPS) is 16.1. The van der Waals surface area contributed by atoms with E-state index < -0.39 is 13.9 Å². The van der Waals surface area contributed by atoms with Crippen LogP contribution in [0.15, 0.2) is 36.7 Å². The van der Waals surface area contributed by atoms with Gasteiger partial charge in [-0.3, -0.25) is 14.5 Å². The molecule has 1 atom stereocenters. The van der Waals surface area contributed by atoms with Gasteiger partial charge >= 0.3 is 0 Å². The number of aromatic nitrogens is 4. The molecule has 1 aliphatic heterocycles. The van der Waals surface area contributed by atoms with Crippen molar-refractivity contribution in [1.82, 2.24) is 20.0 Å². The first kappa shape index (κ1) is 26.1. The molecule has 8 nitrogen and oxygen atoms in total. The molecule has 4 rings (SSSR count). The van der Waals surface area contributed by atoms with Crippen molar-refractivity contribution < 1.29 is 18.7 Å². The molecule has 0 aliphatic carbocycles. The molecule has 1 unspecified atom stereocenters. The van der Waals surface area contributed by atoms with Crippen LogP contribution in [0.5, 0.6) is 0 Å². The number of carbonyl (C=O) groups is 2. The monoisotopic (exact) mass is 529 g/mol. The molecule has 1 aromatic carbocycles. The second-order valence-corrected chi connectivity index (χ2v) is 16.1. The van der Waals surface area contributed by atoms with E-state index in [1.807, 2.05) is 0 Å².